The van der Waals surface area contributed by atoms with Gasteiger partial charge in [0.1, 0.15) is 11.5 Å². The molecule has 0 radical (unpaired) electrons. The number of ether oxygens (including phenoxy) is 3. The largest absolute Gasteiger partial charge is 0.483 e. The standard InChI is InChI=1S/C21H22N2O5/c1-13-8-7-9-14(2)20(13)26-12-19-22-23(15(3)24)21(28-19)17-10-5-6-11-18(17)27-16(4)25/h5-11,21H,12H2,1-4H3/t21-/m1/s1. The molecule has 0 unspecified atom stereocenters. The van der Waals surface area contributed by atoms with Gasteiger partial charge in [0.05, 0.1) is 5.56 Å². The number of hydrazone groups is 1. The summed E-state index contributed by atoms with van der Waals surface area (Å²) in [6, 6.07) is 12.8. The van der Waals surface area contributed by atoms with E-state index in [0.717, 1.165) is 16.9 Å². The molecule has 1 aliphatic heterocycles. The van der Waals surface area contributed by atoms with Crippen LogP contribution in [0.1, 0.15) is 36.8 Å². The quantitative estimate of drug-likeness (QED) is 0.584. The predicted molar refractivity (Wildman–Crippen MR) is 103 cm³/mol. The number of para-hydroxylation sites is 2. The highest BCUT2D eigenvalue weighted by atomic mass is 16.6. The zero-order chi connectivity index (χ0) is 20.3. The summed E-state index contributed by atoms with van der Waals surface area (Å²) in [6.45, 7) is 6.69. The molecule has 0 aliphatic carbocycles. The Morgan fingerprint density at radius 2 is 1.75 bits per heavy atom. The molecule has 2 aromatic carbocycles. The van der Waals surface area contributed by atoms with Crippen molar-refractivity contribution in [1.82, 2.24) is 5.01 Å². The molecule has 0 fully saturated rings. The molecule has 0 N–H and O–H groups in total. The number of carbonyl (C=O) groups is 2. The normalized spacial score (nSPS) is 15.6. The van der Waals surface area contributed by atoms with Crippen molar-refractivity contribution in [3.63, 3.8) is 0 Å². The van der Waals surface area contributed by atoms with Gasteiger partial charge in [-0.1, -0.05) is 30.3 Å². The highest BCUT2D eigenvalue weighted by Gasteiger charge is 2.35. The fourth-order valence-corrected chi connectivity index (χ4v) is 2.96. The lowest BCUT2D eigenvalue weighted by atomic mass is 10.1. The zero-order valence-electron chi connectivity index (χ0n) is 16.3. The van der Waals surface area contributed by atoms with E-state index in [1.807, 2.05) is 32.0 Å². The summed E-state index contributed by atoms with van der Waals surface area (Å²) in [7, 11) is 0. The second-order valence-electron chi connectivity index (χ2n) is 6.47. The molecule has 0 saturated carbocycles. The van der Waals surface area contributed by atoms with Crippen molar-refractivity contribution in [3.8, 4) is 11.5 Å². The summed E-state index contributed by atoms with van der Waals surface area (Å²) in [4.78, 5) is 23.5. The monoisotopic (exact) mass is 382 g/mol. The van der Waals surface area contributed by atoms with E-state index >= 15 is 0 Å². The molecule has 7 nitrogen and oxygen atoms in total. The number of nitrogens with zero attached hydrogens (tertiary/aromatic N) is 2. The Labute approximate surface area is 163 Å². The summed E-state index contributed by atoms with van der Waals surface area (Å²) in [5, 5.41) is 5.47. The number of amides is 1. The van der Waals surface area contributed by atoms with E-state index in [9.17, 15) is 9.59 Å². The average molecular weight is 382 g/mol. The minimum atomic E-state index is -0.829. The Kier molecular flexibility index (Phi) is 5.63. The first-order valence-corrected chi connectivity index (χ1v) is 8.87. The Hall–Kier alpha value is -3.35. The van der Waals surface area contributed by atoms with Gasteiger partial charge in [0.2, 0.25) is 18.0 Å². The maximum absolute atomic E-state index is 12.1. The topological polar surface area (TPSA) is 77.4 Å². The fourth-order valence-electron chi connectivity index (χ4n) is 2.96. The highest BCUT2D eigenvalue weighted by Crippen LogP contribution is 2.34. The van der Waals surface area contributed by atoms with Crippen molar-refractivity contribution in [1.29, 1.82) is 0 Å². The second-order valence-corrected chi connectivity index (χ2v) is 6.47. The molecular formula is C21H22N2O5. The van der Waals surface area contributed by atoms with Gasteiger partial charge in [-0.15, -0.1) is 5.10 Å². The van der Waals surface area contributed by atoms with Crippen LogP contribution >= 0.6 is 0 Å². The Bertz CT molecular complexity index is 918. The molecule has 1 atom stereocenters. The smallest absolute Gasteiger partial charge is 0.308 e. The molecule has 146 valence electrons. The summed E-state index contributed by atoms with van der Waals surface area (Å²) >= 11 is 0. The molecule has 7 heteroatoms. The van der Waals surface area contributed by atoms with Crippen molar-refractivity contribution in [2.45, 2.75) is 33.9 Å². The molecule has 0 saturated heterocycles. The molecule has 28 heavy (non-hydrogen) atoms. The Morgan fingerprint density at radius 1 is 1.07 bits per heavy atom. The third-order valence-electron chi connectivity index (χ3n) is 4.20. The van der Waals surface area contributed by atoms with Gasteiger partial charge in [-0.25, -0.2) is 0 Å². The SMILES string of the molecule is CC(=O)Oc1ccccc1[C@H]1OC(COc2c(C)cccc2C)=NN1C(C)=O. The van der Waals surface area contributed by atoms with Crippen molar-refractivity contribution in [3.05, 3.63) is 59.2 Å². The van der Waals surface area contributed by atoms with Gasteiger partial charge in [-0.05, 0) is 37.1 Å². The van der Waals surface area contributed by atoms with Crippen molar-refractivity contribution >= 4 is 17.8 Å². The molecule has 1 heterocycles. The lowest BCUT2D eigenvalue weighted by molar-refractivity contribution is -0.135. The first-order chi connectivity index (χ1) is 13.4. The summed E-state index contributed by atoms with van der Waals surface area (Å²) in [5.74, 6) is 0.579. The van der Waals surface area contributed by atoms with Crippen LogP contribution in [0.4, 0.5) is 0 Å². The first kappa shape index (κ1) is 19.4. The summed E-state index contributed by atoms with van der Waals surface area (Å²) in [5.41, 5.74) is 2.52. The maximum Gasteiger partial charge on any atom is 0.308 e. The molecule has 0 spiro atoms. The first-order valence-electron chi connectivity index (χ1n) is 8.87. The number of aryl methyl sites for hydroxylation is 2. The number of hydrogen-bond donors (Lipinski definition) is 0. The Balaban J connectivity index is 1.81. The van der Waals surface area contributed by atoms with Crippen molar-refractivity contribution < 1.29 is 23.8 Å². The van der Waals surface area contributed by atoms with E-state index in [1.54, 1.807) is 24.3 Å². The average Bonchev–Trinajstić information content (AvgIpc) is 3.06. The van der Waals surface area contributed by atoms with E-state index in [1.165, 1.54) is 18.9 Å². The van der Waals surface area contributed by atoms with Crippen LogP contribution in [-0.2, 0) is 14.3 Å². The van der Waals surface area contributed by atoms with Crippen LogP contribution in [0.25, 0.3) is 0 Å². The second kappa shape index (κ2) is 8.12. The van der Waals surface area contributed by atoms with Crippen LogP contribution in [0.5, 0.6) is 11.5 Å². The van der Waals surface area contributed by atoms with Gasteiger partial charge in [0.25, 0.3) is 0 Å². The van der Waals surface area contributed by atoms with Gasteiger partial charge in [0.15, 0.2) is 6.61 Å². The predicted octanol–water partition coefficient (Wildman–Crippen LogP) is 3.50. The molecule has 2 aromatic rings. The van der Waals surface area contributed by atoms with Crippen LogP contribution in [-0.4, -0.2) is 29.4 Å². The molecule has 1 aliphatic rings. The Morgan fingerprint density at radius 3 is 2.39 bits per heavy atom. The molecular weight excluding hydrogens is 360 g/mol. The van der Waals surface area contributed by atoms with Crippen molar-refractivity contribution in [2.75, 3.05) is 6.61 Å². The van der Waals surface area contributed by atoms with Gasteiger partial charge < -0.3 is 14.2 Å². The van der Waals surface area contributed by atoms with Gasteiger partial charge >= 0.3 is 5.97 Å². The van der Waals surface area contributed by atoms with E-state index in [2.05, 4.69) is 5.10 Å². The minimum absolute atomic E-state index is 0.0711. The van der Waals surface area contributed by atoms with E-state index in [4.69, 9.17) is 14.2 Å². The third-order valence-corrected chi connectivity index (χ3v) is 4.20. The van der Waals surface area contributed by atoms with Gasteiger partial charge in [-0.2, -0.15) is 5.01 Å². The van der Waals surface area contributed by atoms with Crippen LogP contribution < -0.4 is 9.47 Å². The maximum atomic E-state index is 12.1. The van der Waals surface area contributed by atoms with E-state index < -0.39 is 12.2 Å². The van der Waals surface area contributed by atoms with Crippen LogP contribution in [0.3, 0.4) is 0 Å². The number of benzene rings is 2. The molecule has 3 rings (SSSR count). The fraction of sp³-hybridized carbons (Fsp3) is 0.286. The lowest BCUT2D eigenvalue weighted by Crippen LogP contribution is -2.26. The summed E-state index contributed by atoms with van der Waals surface area (Å²) < 4.78 is 17.0. The molecule has 1 amide bonds. The van der Waals surface area contributed by atoms with Crippen LogP contribution in [0.15, 0.2) is 47.6 Å². The summed E-state index contributed by atoms with van der Waals surface area (Å²) in [6.07, 6.45) is -0.829. The van der Waals surface area contributed by atoms with Crippen molar-refractivity contribution in [2.24, 2.45) is 5.10 Å². The lowest BCUT2D eigenvalue weighted by Gasteiger charge is -2.21. The molecule has 0 bridgehead atoms. The zero-order valence-corrected chi connectivity index (χ0v) is 16.3. The van der Waals surface area contributed by atoms with Gasteiger partial charge in [0, 0.05) is 13.8 Å². The highest BCUT2D eigenvalue weighted by molar-refractivity contribution is 5.84. The van der Waals surface area contributed by atoms with Gasteiger partial charge in [-0.3, -0.25) is 9.59 Å². The third kappa shape index (κ3) is 4.14. The van der Waals surface area contributed by atoms with E-state index in [-0.39, 0.29) is 18.4 Å². The number of esters is 1. The van der Waals surface area contributed by atoms with Crippen LogP contribution in [0, 0.1) is 13.8 Å². The number of rotatable bonds is 5. The van der Waals surface area contributed by atoms with Crippen LogP contribution in [0.2, 0.25) is 0 Å². The number of hydrogen-bond acceptors (Lipinski definition) is 6. The minimum Gasteiger partial charge on any atom is -0.483 e. The molecule has 0 aromatic heterocycles. The number of carbonyl (C=O) groups excluding carboxylic acids is 2. The van der Waals surface area contributed by atoms with E-state index in [0.29, 0.717) is 11.3 Å².